The summed E-state index contributed by atoms with van der Waals surface area (Å²) in [6.45, 7) is 0.654. The van der Waals surface area contributed by atoms with E-state index in [0.717, 1.165) is 4.90 Å². The van der Waals surface area contributed by atoms with Gasteiger partial charge in [0, 0.05) is 25.3 Å². The number of imide groups is 1. The third-order valence-corrected chi connectivity index (χ3v) is 3.26. The summed E-state index contributed by atoms with van der Waals surface area (Å²) in [5, 5.41) is 10.4. The number of ether oxygens (including phenoxy) is 1. The van der Waals surface area contributed by atoms with E-state index < -0.39 is 17.6 Å². The second kappa shape index (κ2) is 6.07. The minimum atomic E-state index is -0.670. The zero-order chi connectivity index (χ0) is 14.7. The molecular weight excluding hydrogens is 282 g/mol. The van der Waals surface area contributed by atoms with Gasteiger partial charge in [0.1, 0.15) is 0 Å². The number of methoxy groups -OCH3 is 1. The van der Waals surface area contributed by atoms with E-state index in [1.54, 1.807) is 31.4 Å². The number of benzene rings is 1. The predicted molar refractivity (Wildman–Crippen MR) is 74.2 cm³/mol. The quantitative estimate of drug-likeness (QED) is 0.666. The van der Waals surface area contributed by atoms with Crippen molar-refractivity contribution in [1.29, 1.82) is 0 Å². The van der Waals surface area contributed by atoms with Gasteiger partial charge in [-0.1, -0.05) is 23.7 Å². The lowest BCUT2D eigenvalue weighted by molar-refractivity contribution is -0.138. The lowest BCUT2D eigenvalue weighted by Gasteiger charge is -2.13. The molecule has 1 aromatic rings. The Hall–Kier alpha value is -1.85. The van der Waals surface area contributed by atoms with Crippen molar-refractivity contribution in [3.05, 3.63) is 40.6 Å². The van der Waals surface area contributed by atoms with E-state index in [-0.39, 0.29) is 12.1 Å². The lowest BCUT2D eigenvalue weighted by Crippen LogP contribution is -2.33. The van der Waals surface area contributed by atoms with Crippen LogP contribution in [-0.2, 0) is 14.3 Å². The lowest BCUT2D eigenvalue weighted by atomic mass is 10.1. The number of carbonyl (C=O) groups is 2. The highest BCUT2D eigenvalue weighted by Crippen LogP contribution is 2.28. The summed E-state index contributed by atoms with van der Waals surface area (Å²) in [5.41, 5.74) is 0.489. The van der Waals surface area contributed by atoms with E-state index in [0.29, 0.717) is 23.6 Å². The van der Waals surface area contributed by atoms with E-state index in [1.165, 1.54) is 0 Å². The molecule has 1 heterocycles. The number of carbonyl (C=O) groups excluding carboxylic acids is 2. The highest BCUT2D eigenvalue weighted by Gasteiger charge is 2.38. The van der Waals surface area contributed by atoms with Crippen LogP contribution in [0.3, 0.4) is 0 Å². The molecule has 0 bridgehead atoms. The Morgan fingerprint density at radius 1 is 1.20 bits per heavy atom. The molecule has 1 aliphatic heterocycles. The van der Waals surface area contributed by atoms with Crippen LogP contribution >= 0.6 is 11.6 Å². The van der Waals surface area contributed by atoms with Crippen molar-refractivity contribution in [3.63, 3.8) is 0 Å². The van der Waals surface area contributed by atoms with E-state index in [2.05, 4.69) is 0 Å². The van der Waals surface area contributed by atoms with Gasteiger partial charge in [0.15, 0.2) is 5.76 Å². The number of aliphatic hydroxyl groups is 1. The van der Waals surface area contributed by atoms with Crippen LogP contribution in [0.5, 0.6) is 0 Å². The highest BCUT2D eigenvalue weighted by molar-refractivity contribution is 6.35. The van der Waals surface area contributed by atoms with Gasteiger partial charge in [-0.2, -0.15) is 0 Å². The van der Waals surface area contributed by atoms with Crippen LogP contribution in [-0.4, -0.2) is 42.1 Å². The van der Waals surface area contributed by atoms with E-state index in [4.69, 9.17) is 16.3 Å². The van der Waals surface area contributed by atoms with Gasteiger partial charge >= 0.3 is 0 Å². The summed E-state index contributed by atoms with van der Waals surface area (Å²) in [4.78, 5) is 25.1. The minimum absolute atomic E-state index is 0.0177. The molecule has 0 unspecified atom stereocenters. The average Bonchev–Trinajstić information content (AvgIpc) is 2.64. The number of halogens is 1. The molecule has 0 aliphatic carbocycles. The maximum atomic E-state index is 12.2. The normalized spacial score (nSPS) is 15.4. The van der Waals surface area contributed by atoms with Crippen LogP contribution in [0.25, 0.3) is 5.57 Å². The van der Waals surface area contributed by atoms with Gasteiger partial charge in [-0.3, -0.25) is 14.5 Å². The van der Waals surface area contributed by atoms with Gasteiger partial charge in [-0.05, 0) is 24.1 Å². The SMILES string of the molecule is COCCCN1C(=O)C(O)=C(c2ccc(Cl)cc2)C1=O. The molecule has 20 heavy (non-hydrogen) atoms. The summed E-state index contributed by atoms with van der Waals surface area (Å²) in [6, 6.07) is 6.39. The molecule has 106 valence electrons. The first kappa shape index (κ1) is 14.6. The number of amides is 2. The van der Waals surface area contributed by atoms with Crippen molar-refractivity contribution in [1.82, 2.24) is 4.90 Å². The third-order valence-electron chi connectivity index (χ3n) is 3.01. The summed E-state index contributed by atoms with van der Waals surface area (Å²) >= 11 is 5.78. The molecule has 0 radical (unpaired) electrons. The van der Waals surface area contributed by atoms with Crippen molar-refractivity contribution in [2.24, 2.45) is 0 Å². The Morgan fingerprint density at radius 3 is 2.45 bits per heavy atom. The second-order valence-corrected chi connectivity index (χ2v) is 4.78. The first-order valence-corrected chi connectivity index (χ1v) is 6.48. The van der Waals surface area contributed by atoms with Crippen LogP contribution in [0.15, 0.2) is 30.0 Å². The molecule has 6 heteroatoms. The van der Waals surface area contributed by atoms with Gasteiger partial charge in [0.2, 0.25) is 0 Å². The molecule has 0 aromatic heterocycles. The topological polar surface area (TPSA) is 66.8 Å². The fourth-order valence-electron chi connectivity index (χ4n) is 2.01. The molecule has 0 fully saturated rings. The number of aliphatic hydroxyl groups excluding tert-OH is 1. The van der Waals surface area contributed by atoms with Crippen LogP contribution in [0.1, 0.15) is 12.0 Å². The third kappa shape index (κ3) is 2.69. The van der Waals surface area contributed by atoms with Crippen molar-refractivity contribution in [2.45, 2.75) is 6.42 Å². The Morgan fingerprint density at radius 2 is 1.85 bits per heavy atom. The fourth-order valence-corrected chi connectivity index (χ4v) is 2.14. The van der Waals surface area contributed by atoms with Crippen LogP contribution < -0.4 is 0 Å². The predicted octanol–water partition coefficient (Wildman–Crippen LogP) is 2.01. The molecule has 1 aliphatic rings. The van der Waals surface area contributed by atoms with Gasteiger partial charge in [0.25, 0.3) is 11.8 Å². The van der Waals surface area contributed by atoms with E-state index in [9.17, 15) is 14.7 Å². The molecule has 5 nitrogen and oxygen atoms in total. The Kier molecular flexibility index (Phi) is 4.42. The molecule has 0 saturated heterocycles. The second-order valence-electron chi connectivity index (χ2n) is 4.34. The summed E-state index contributed by atoms with van der Waals surface area (Å²) < 4.78 is 4.88. The van der Waals surface area contributed by atoms with Crippen LogP contribution in [0.4, 0.5) is 0 Å². The van der Waals surface area contributed by atoms with E-state index >= 15 is 0 Å². The first-order valence-electron chi connectivity index (χ1n) is 6.10. The van der Waals surface area contributed by atoms with Crippen molar-refractivity contribution < 1.29 is 19.4 Å². The number of nitrogens with zero attached hydrogens (tertiary/aromatic N) is 1. The zero-order valence-corrected chi connectivity index (χ0v) is 11.7. The molecule has 2 rings (SSSR count). The van der Waals surface area contributed by atoms with Crippen molar-refractivity contribution >= 4 is 29.0 Å². The smallest absolute Gasteiger partial charge is 0.296 e. The van der Waals surface area contributed by atoms with Crippen molar-refractivity contribution in [3.8, 4) is 0 Å². The summed E-state index contributed by atoms with van der Waals surface area (Å²) in [6.07, 6.45) is 0.523. The number of hydrogen-bond acceptors (Lipinski definition) is 4. The molecule has 0 saturated carbocycles. The molecule has 1 N–H and O–H groups in total. The maximum absolute atomic E-state index is 12.2. The molecular formula is C14H14ClNO4. The minimum Gasteiger partial charge on any atom is -0.502 e. The van der Waals surface area contributed by atoms with Gasteiger partial charge in [-0.15, -0.1) is 0 Å². The first-order chi connectivity index (χ1) is 9.56. The monoisotopic (exact) mass is 295 g/mol. The standard InChI is InChI=1S/C14H14ClNO4/c1-20-8-2-7-16-13(18)11(12(17)14(16)19)9-3-5-10(15)6-4-9/h3-6,17H,2,7-8H2,1H3. The van der Waals surface area contributed by atoms with Crippen LogP contribution in [0, 0.1) is 0 Å². The number of rotatable bonds is 5. The average molecular weight is 296 g/mol. The maximum Gasteiger partial charge on any atom is 0.296 e. The largest absolute Gasteiger partial charge is 0.502 e. The van der Waals surface area contributed by atoms with Crippen molar-refractivity contribution in [2.75, 3.05) is 20.3 Å². The number of hydrogen-bond donors (Lipinski definition) is 1. The molecule has 0 spiro atoms. The van der Waals surface area contributed by atoms with Gasteiger partial charge in [0.05, 0.1) is 5.57 Å². The van der Waals surface area contributed by atoms with E-state index in [1.807, 2.05) is 0 Å². The fraction of sp³-hybridized carbons (Fsp3) is 0.286. The van der Waals surface area contributed by atoms with Gasteiger partial charge in [-0.25, -0.2) is 0 Å². The summed E-state index contributed by atoms with van der Waals surface area (Å²) in [5.74, 6) is -1.68. The Labute approximate surface area is 121 Å². The molecule has 2 amide bonds. The zero-order valence-electron chi connectivity index (χ0n) is 10.9. The van der Waals surface area contributed by atoms with Crippen LogP contribution in [0.2, 0.25) is 5.02 Å². The Bertz CT molecular complexity index is 565. The Balaban J connectivity index is 2.23. The summed E-state index contributed by atoms with van der Waals surface area (Å²) in [7, 11) is 1.54. The molecule has 1 aromatic carbocycles. The van der Waals surface area contributed by atoms with Gasteiger partial charge < -0.3 is 9.84 Å². The molecule has 0 atom stereocenters. The highest BCUT2D eigenvalue weighted by atomic mass is 35.5.